The van der Waals surface area contributed by atoms with Gasteiger partial charge >= 0.3 is 24.0 Å². The van der Waals surface area contributed by atoms with Gasteiger partial charge in [0.15, 0.2) is 6.10 Å². The second-order valence-corrected chi connectivity index (χ2v) is 18.8. The summed E-state index contributed by atoms with van der Waals surface area (Å²) in [4.78, 5) is 79.0. The number of cyclic esters (lactones) is 2. The highest BCUT2D eigenvalue weighted by Gasteiger charge is 2.37. The van der Waals surface area contributed by atoms with Crippen molar-refractivity contribution in [3.8, 4) is 0 Å². The number of benzene rings is 2. The van der Waals surface area contributed by atoms with Gasteiger partial charge in [0.25, 0.3) is 0 Å². The Morgan fingerprint density at radius 3 is 2.26 bits per heavy atom. The molecule has 3 amide bonds. The Kier molecular flexibility index (Phi) is 18.2. The van der Waals surface area contributed by atoms with Crippen molar-refractivity contribution in [1.82, 2.24) is 16.0 Å². The molecule has 0 unspecified atom stereocenters. The minimum atomic E-state index is -1.23. The van der Waals surface area contributed by atoms with E-state index in [2.05, 4.69) is 16.0 Å². The number of nitrogens with one attached hydrogen (secondary N) is 3. The van der Waals surface area contributed by atoms with Crippen LogP contribution in [0.25, 0.3) is 6.08 Å². The van der Waals surface area contributed by atoms with Gasteiger partial charge in [0.05, 0.1) is 10.8 Å². The summed E-state index contributed by atoms with van der Waals surface area (Å²) in [6.45, 7) is 19.3. The summed E-state index contributed by atoms with van der Waals surface area (Å²) in [6.07, 6.45) is 4.55. The summed E-state index contributed by atoms with van der Waals surface area (Å²) in [5.41, 5.74) is 0.298. The lowest BCUT2D eigenvalue weighted by Crippen LogP contribution is -2.51. The lowest BCUT2D eigenvalue weighted by atomic mass is 9.93. The molecule has 0 saturated carbocycles. The largest absolute Gasteiger partial charge is 0.460 e. The number of ether oxygens (including phenoxy) is 4. The van der Waals surface area contributed by atoms with Crippen LogP contribution < -0.4 is 16.0 Å². The Bertz CT molecular complexity index is 1930. The number of alkyl carbamates (subject to hydrolysis) is 1. The van der Waals surface area contributed by atoms with Gasteiger partial charge in [-0.1, -0.05) is 87.0 Å². The summed E-state index contributed by atoms with van der Waals surface area (Å²) < 4.78 is 22.7. The molecule has 0 spiro atoms. The molecule has 3 rings (SSSR count). The molecule has 0 bridgehead atoms. The first-order chi connectivity index (χ1) is 28.3. The topological polar surface area (TPSA) is 175 Å². The summed E-state index contributed by atoms with van der Waals surface area (Å²) >= 11 is 6.36. The third kappa shape index (κ3) is 17.0. The molecule has 2 aromatic carbocycles. The molecule has 4 atom stereocenters. The molecule has 1 heterocycles. The second-order valence-electron chi connectivity index (χ2n) is 18.4. The first-order valence-electron chi connectivity index (χ1n) is 20.7. The molecule has 0 fully saturated rings. The molecule has 2 aromatic rings. The Hall–Kier alpha value is -5.17. The van der Waals surface area contributed by atoms with Crippen molar-refractivity contribution < 1.29 is 47.7 Å². The normalized spacial score (nSPS) is 20.5. The average molecular weight is 866 g/mol. The van der Waals surface area contributed by atoms with E-state index in [1.807, 2.05) is 76.2 Å². The van der Waals surface area contributed by atoms with Crippen LogP contribution >= 0.6 is 11.6 Å². The van der Waals surface area contributed by atoms with Gasteiger partial charge in [-0.2, -0.15) is 0 Å². The predicted molar refractivity (Wildman–Crippen MR) is 234 cm³/mol. The minimum Gasteiger partial charge on any atom is -0.460 e. The van der Waals surface area contributed by atoms with Crippen molar-refractivity contribution in [2.75, 3.05) is 13.1 Å². The Balaban J connectivity index is 1.79. The maximum Gasteiger partial charge on any atom is 0.407 e. The lowest BCUT2D eigenvalue weighted by Gasteiger charge is -2.29. The number of carbonyl (C=O) groups excluding carboxylic acids is 6. The van der Waals surface area contributed by atoms with Crippen LogP contribution in [0.3, 0.4) is 0 Å². The molecular formula is C47H64ClN3O10. The first kappa shape index (κ1) is 50.2. The zero-order chi connectivity index (χ0) is 45.7. The van der Waals surface area contributed by atoms with Gasteiger partial charge in [0.2, 0.25) is 11.8 Å². The van der Waals surface area contributed by atoms with Crippen LogP contribution in [0.5, 0.6) is 0 Å². The van der Waals surface area contributed by atoms with Crippen LogP contribution in [0.4, 0.5) is 4.79 Å². The summed E-state index contributed by atoms with van der Waals surface area (Å²) in [7, 11) is 0. The van der Waals surface area contributed by atoms with Gasteiger partial charge in [0, 0.05) is 36.9 Å². The van der Waals surface area contributed by atoms with E-state index in [1.165, 1.54) is 6.08 Å². The predicted octanol–water partition coefficient (Wildman–Crippen LogP) is 7.59. The fourth-order valence-electron chi connectivity index (χ4n) is 5.88. The van der Waals surface area contributed by atoms with Gasteiger partial charge in [-0.15, -0.1) is 0 Å². The van der Waals surface area contributed by atoms with E-state index in [1.54, 1.807) is 60.6 Å². The van der Waals surface area contributed by atoms with E-state index >= 15 is 0 Å². The maximum atomic E-state index is 13.7. The molecule has 0 aromatic heterocycles. The van der Waals surface area contributed by atoms with Crippen LogP contribution in [0.2, 0.25) is 5.02 Å². The van der Waals surface area contributed by atoms with Crippen LogP contribution in [0.15, 0.2) is 60.7 Å². The molecule has 0 saturated heterocycles. The summed E-state index contributed by atoms with van der Waals surface area (Å²) in [5, 5.41) is 8.70. The number of carbonyl (C=O) groups is 6. The maximum absolute atomic E-state index is 13.7. The third-order valence-corrected chi connectivity index (χ3v) is 10.2. The standard InChI is InChI=1S/C47H64ClN3O10/c1-29(2)23-38-41(54)59-37(31(4)16-17-32-19-21-33(22-20-32)26-58-42(55)46(8,9)28-50-44(57)61-45(5,6)7)13-12-14-39(52)51-36(25-34-18-15-30(3)35(48)24-34)40(53)49-27-47(10,11)43(56)60-38/h12,14-22,24,29,31,36-38H,13,23,25-28H2,1-11H3,(H,49,53)(H,50,57)(H,51,52)/b14-12+,17-16+/t31-,36-,37+,38+/m1/s1. The van der Waals surface area contributed by atoms with Crippen molar-refractivity contribution in [1.29, 1.82) is 0 Å². The molecule has 3 N–H and O–H groups in total. The molecule has 0 radical (unpaired) electrons. The van der Waals surface area contributed by atoms with Gasteiger partial charge in [-0.3, -0.25) is 19.2 Å². The monoisotopic (exact) mass is 865 g/mol. The third-order valence-electron chi connectivity index (χ3n) is 9.82. The van der Waals surface area contributed by atoms with Crippen molar-refractivity contribution in [2.24, 2.45) is 22.7 Å². The molecule has 13 nitrogen and oxygen atoms in total. The van der Waals surface area contributed by atoms with Gasteiger partial charge in [-0.05, 0) is 102 Å². The number of aryl methyl sites for hydroxylation is 1. The number of hydrogen-bond donors (Lipinski definition) is 3. The van der Waals surface area contributed by atoms with E-state index in [-0.39, 0.29) is 50.8 Å². The molecular weight excluding hydrogens is 802 g/mol. The Morgan fingerprint density at radius 1 is 0.984 bits per heavy atom. The van der Waals surface area contributed by atoms with Gasteiger partial charge < -0.3 is 34.9 Å². The van der Waals surface area contributed by atoms with Crippen molar-refractivity contribution in [3.05, 3.63) is 88.0 Å². The first-order valence-corrected chi connectivity index (χ1v) is 21.1. The summed E-state index contributed by atoms with van der Waals surface area (Å²) in [5.74, 6) is -3.29. The van der Waals surface area contributed by atoms with Crippen LogP contribution in [0, 0.1) is 29.6 Å². The summed E-state index contributed by atoms with van der Waals surface area (Å²) in [6, 6.07) is 11.8. The van der Waals surface area contributed by atoms with E-state index < -0.39 is 70.5 Å². The van der Waals surface area contributed by atoms with E-state index in [4.69, 9.17) is 30.5 Å². The molecule has 61 heavy (non-hydrogen) atoms. The molecule has 14 heteroatoms. The highest BCUT2D eigenvalue weighted by atomic mass is 35.5. The van der Waals surface area contributed by atoms with Crippen molar-refractivity contribution >= 4 is 53.5 Å². The number of amides is 3. The molecule has 334 valence electrons. The minimum absolute atomic E-state index is 0.0201. The highest BCUT2D eigenvalue weighted by Crippen LogP contribution is 2.25. The van der Waals surface area contributed by atoms with Crippen molar-refractivity contribution in [3.63, 3.8) is 0 Å². The van der Waals surface area contributed by atoms with Gasteiger partial charge in [0.1, 0.15) is 24.4 Å². The Morgan fingerprint density at radius 2 is 1.64 bits per heavy atom. The fraction of sp³-hybridized carbons (Fsp3) is 0.532. The smallest absolute Gasteiger partial charge is 0.407 e. The zero-order valence-corrected chi connectivity index (χ0v) is 38.2. The Labute approximate surface area is 365 Å². The SMILES string of the molecule is Cc1ccc(C[C@H]2NC(=O)/C=C/C[C@@H]([C@H](C)/C=C/c3ccc(COC(=O)C(C)(C)CNC(=O)OC(C)(C)C)cc3)OC(=O)[C@H](CC(C)C)OC(=O)C(C)(C)CNC2=O)cc1Cl. The number of esters is 3. The zero-order valence-electron chi connectivity index (χ0n) is 37.4. The number of hydrogen-bond acceptors (Lipinski definition) is 10. The van der Waals surface area contributed by atoms with E-state index in [0.717, 1.165) is 22.3 Å². The highest BCUT2D eigenvalue weighted by molar-refractivity contribution is 6.31. The lowest BCUT2D eigenvalue weighted by molar-refractivity contribution is -0.178. The van der Waals surface area contributed by atoms with Crippen LogP contribution in [-0.2, 0) is 55.9 Å². The fourth-order valence-corrected chi connectivity index (χ4v) is 6.08. The molecule has 1 aliphatic heterocycles. The van der Waals surface area contributed by atoms with Gasteiger partial charge in [-0.25, -0.2) is 9.59 Å². The number of rotatable bonds is 12. The van der Waals surface area contributed by atoms with Crippen LogP contribution in [0.1, 0.15) is 104 Å². The quantitative estimate of drug-likeness (QED) is 0.142. The molecule has 1 aliphatic rings. The average Bonchev–Trinajstić information content (AvgIpc) is 3.16. The second kappa shape index (κ2) is 22.1. The van der Waals surface area contributed by atoms with Crippen LogP contribution in [-0.4, -0.2) is 72.8 Å². The van der Waals surface area contributed by atoms with Crippen molar-refractivity contribution in [2.45, 2.75) is 126 Å². The molecule has 0 aliphatic carbocycles. The van der Waals surface area contributed by atoms with E-state index in [9.17, 15) is 28.8 Å². The number of halogens is 1. The van der Waals surface area contributed by atoms with E-state index in [0.29, 0.717) is 5.02 Å².